The van der Waals surface area contributed by atoms with Crippen molar-refractivity contribution in [1.82, 2.24) is 0 Å². The highest BCUT2D eigenvalue weighted by molar-refractivity contribution is 6.25. The van der Waals surface area contributed by atoms with Gasteiger partial charge in [0.25, 0.3) is 0 Å². The second kappa shape index (κ2) is 6.32. The van der Waals surface area contributed by atoms with Crippen LogP contribution in [0.15, 0.2) is 67.3 Å². The van der Waals surface area contributed by atoms with E-state index in [9.17, 15) is 9.59 Å². The summed E-state index contributed by atoms with van der Waals surface area (Å²) in [7, 11) is 1.31. The molecule has 0 radical (unpaired) electrons. The highest BCUT2D eigenvalue weighted by atomic mass is 16.5. The monoisotopic (exact) mass is 321 g/mol. The second-order valence-electron chi connectivity index (χ2n) is 5.76. The first-order valence-corrected chi connectivity index (χ1v) is 7.80. The van der Waals surface area contributed by atoms with Gasteiger partial charge in [-0.25, -0.2) is 4.79 Å². The zero-order chi connectivity index (χ0) is 17.2. The molecule has 0 amide bonds. The van der Waals surface area contributed by atoms with E-state index >= 15 is 0 Å². The van der Waals surface area contributed by atoms with Crippen LogP contribution in [0.1, 0.15) is 22.3 Å². The fourth-order valence-corrected chi connectivity index (χ4v) is 3.30. The Bertz CT molecular complexity index is 784. The number of nitrogens with zero attached hydrogens (tertiary/aromatic N) is 1. The number of Topliss-reactive ketones (excluding diaryl/α,β-unsaturated/α-hetero) is 1. The Kier molecular flexibility index (Phi) is 4.21. The Morgan fingerprint density at radius 1 is 1.17 bits per heavy atom. The van der Waals surface area contributed by atoms with Gasteiger partial charge in [-0.15, -0.1) is 6.58 Å². The average molecular weight is 321 g/mol. The van der Waals surface area contributed by atoms with Crippen LogP contribution in [0.3, 0.4) is 0 Å². The van der Waals surface area contributed by atoms with E-state index in [0.29, 0.717) is 12.1 Å². The van der Waals surface area contributed by atoms with Gasteiger partial charge in [-0.2, -0.15) is 0 Å². The molecule has 0 bridgehead atoms. The zero-order valence-corrected chi connectivity index (χ0v) is 13.6. The smallest absolute Gasteiger partial charge is 0.340 e. The summed E-state index contributed by atoms with van der Waals surface area (Å²) in [5, 5.41) is 0. The number of fused-ring (bicyclic) bond motifs is 1. The first-order valence-electron chi connectivity index (χ1n) is 7.80. The fourth-order valence-electron chi connectivity index (χ4n) is 3.30. The molecule has 1 heterocycles. The third kappa shape index (κ3) is 2.31. The van der Waals surface area contributed by atoms with E-state index < -0.39 is 11.5 Å². The third-order valence-corrected chi connectivity index (χ3v) is 4.42. The largest absolute Gasteiger partial charge is 0.467 e. The van der Waals surface area contributed by atoms with E-state index in [-0.39, 0.29) is 12.2 Å². The number of benzene rings is 2. The van der Waals surface area contributed by atoms with Crippen LogP contribution < -0.4 is 4.90 Å². The van der Waals surface area contributed by atoms with Crippen molar-refractivity contribution in [1.29, 1.82) is 0 Å². The van der Waals surface area contributed by atoms with Gasteiger partial charge in [-0.05, 0) is 17.7 Å². The average Bonchev–Trinajstić information content (AvgIpc) is 2.86. The fraction of sp³-hybridized carbons (Fsp3) is 0.200. The number of ketones is 1. The van der Waals surface area contributed by atoms with Crippen LogP contribution in [0.4, 0.5) is 5.69 Å². The van der Waals surface area contributed by atoms with Crippen LogP contribution in [0, 0.1) is 0 Å². The maximum atomic E-state index is 13.1. The lowest BCUT2D eigenvalue weighted by atomic mass is 9.88. The Labute approximate surface area is 141 Å². The van der Waals surface area contributed by atoms with Gasteiger partial charge in [-0.1, -0.05) is 48.5 Å². The number of esters is 1. The topological polar surface area (TPSA) is 46.6 Å². The molecule has 4 nitrogen and oxygen atoms in total. The number of carbonyl (C=O) groups is 2. The van der Waals surface area contributed by atoms with Gasteiger partial charge in [0.2, 0.25) is 11.3 Å². The molecule has 122 valence electrons. The van der Waals surface area contributed by atoms with E-state index in [1.165, 1.54) is 7.11 Å². The number of anilines is 1. The Morgan fingerprint density at radius 3 is 2.50 bits per heavy atom. The number of ether oxygens (including phenoxy) is 1. The maximum absolute atomic E-state index is 13.1. The van der Waals surface area contributed by atoms with Crippen LogP contribution >= 0.6 is 0 Å². The molecule has 2 aromatic carbocycles. The lowest BCUT2D eigenvalue weighted by molar-refractivity contribution is -0.145. The van der Waals surface area contributed by atoms with E-state index in [0.717, 1.165) is 11.3 Å². The normalized spacial score (nSPS) is 19.0. The molecule has 3 rings (SSSR count). The van der Waals surface area contributed by atoms with E-state index in [1.54, 1.807) is 18.2 Å². The summed E-state index contributed by atoms with van der Waals surface area (Å²) in [4.78, 5) is 27.6. The van der Waals surface area contributed by atoms with Crippen molar-refractivity contribution < 1.29 is 14.3 Å². The molecule has 1 atom stereocenters. The van der Waals surface area contributed by atoms with E-state index in [1.807, 2.05) is 47.4 Å². The second-order valence-corrected chi connectivity index (χ2v) is 5.76. The lowest BCUT2D eigenvalue weighted by Gasteiger charge is -2.35. The summed E-state index contributed by atoms with van der Waals surface area (Å²) >= 11 is 0. The van der Waals surface area contributed by atoms with Crippen LogP contribution in [0.25, 0.3) is 0 Å². The van der Waals surface area contributed by atoms with Gasteiger partial charge in [0.1, 0.15) is 0 Å². The molecule has 0 aliphatic carbocycles. The predicted octanol–water partition coefficient (Wildman–Crippen LogP) is 3.38. The summed E-state index contributed by atoms with van der Waals surface area (Å²) in [6.45, 7) is 4.18. The maximum Gasteiger partial charge on any atom is 0.340 e. The number of hydrogen-bond acceptors (Lipinski definition) is 4. The Balaban J connectivity index is 2.16. The summed E-state index contributed by atoms with van der Waals surface area (Å²) in [5.41, 5.74) is 0.911. The minimum atomic E-state index is -1.39. The summed E-state index contributed by atoms with van der Waals surface area (Å²) in [6.07, 6.45) is 1.79. The van der Waals surface area contributed by atoms with Crippen LogP contribution in [0.2, 0.25) is 0 Å². The molecule has 0 aromatic heterocycles. The lowest BCUT2D eigenvalue weighted by Crippen LogP contribution is -2.56. The quantitative estimate of drug-likeness (QED) is 0.481. The van der Waals surface area contributed by atoms with Crippen molar-refractivity contribution in [2.75, 3.05) is 12.0 Å². The molecule has 0 spiro atoms. The third-order valence-electron chi connectivity index (χ3n) is 4.42. The standard InChI is InChI=1S/C20H19NO3/c1-3-13-20(19(23)24-2)18(22)16-11-7-8-12-17(16)21(20)14-15-9-5-4-6-10-15/h3-12H,1,13-14H2,2H3. The summed E-state index contributed by atoms with van der Waals surface area (Å²) in [5.74, 6) is -0.791. The van der Waals surface area contributed by atoms with Gasteiger partial charge in [0.15, 0.2) is 0 Å². The summed E-state index contributed by atoms with van der Waals surface area (Å²) < 4.78 is 5.01. The summed E-state index contributed by atoms with van der Waals surface area (Å²) in [6, 6.07) is 17.0. The molecule has 1 unspecified atom stereocenters. The van der Waals surface area contributed by atoms with Crippen LogP contribution in [-0.4, -0.2) is 24.4 Å². The van der Waals surface area contributed by atoms with Crippen molar-refractivity contribution >= 4 is 17.4 Å². The molecule has 2 aromatic rings. The van der Waals surface area contributed by atoms with Crippen molar-refractivity contribution in [3.05, 3.63) is 78.4 Å². The number of para-hydroxylation sites is 1. The molecule has 0 N–H and O–H groups in total. The SMILES string of the molecule is C=CCC1(C(=O)OC)C(=O)c2ccccc2N1Cc1ccccc1. The number of rotatable bonds is 5. The molecule has 1 aliphatic rings. The first kappa shape index (κ1) is 16.0. The molecule has 0 fully saturated rings. The highest BCUT2D eigenvalue weighted by Crippen LogP contribution is 2.42. The van der Waals surface area contributed by atoms with Crippen molar-refractivity contribution in [2.24, 2.45) is 0 Å². The van der Waals surface area contributed by atoms with Gasteiger partial charge in [0, 0.05) is 24.2 Å². The minimum Gasteiger partial charge on any atom is -0.467 e. The van der Waals surface area contributed by atoms with Gasteiger partial charge in [0.05, 0.1) is 7.11 Å². The first-order chi connectivity index (χ1) is 11.6. The number of hydrogen-bond donors (Lipinski definition) is 0. The number of carbonyl (C=O) groups excluding carboxylic acids is 2. The van der Waals surface area contributed by atoms with Crippen molar-refractivity contribution in [3.8, 4) is 0 Å². The van der Waals surface area contributed by atoms with Gasteiger partial charge in [-0.3, -0.25) is 4.79 Å². The molecular formula is C20H19NO3. The molecular weight excluding hydrogens is 302 g/mol. The van der Waals surface area contributed by atoms with E-state index in [4.69, 9.17) is 4.74 Å². The predicted molar refractivity (Wildman–Crippen MR) is 93.0 cm³/mol. The van der Waals surface area contributed by atoms with Crippen LogP contribution in [-0.2, 0) is 16.1 Å². The Morgan fingerprint density at radius 2 is 1.83 bits per heavy atom. The number of methoxy groups -OCH3 is 1. The molecule has 24 heavy (non-hydrogen) atoms. The minimum absolute atomic E-state index is 0.194. The van der Waals surface area contributed by atoms with Crippen molar-refractivity contribution in [2.45, 2.75) is 18.5 Å². The van der Waals surface area contributed by atoms with Gasteiger partial charge >= 0.3 is 5.97 Å². The van der Waals surface area contributed by atoms with Gasteiger partial charge < -0.3 is 9.64 Å². The Hall–Kier alpha value is -2.88. The van der Waals surface area contributed by atoms with Crippen molar-refractivity contribution in [3.63, 3.8) is 0 Å². The molecule has 4 heteroatoms. The van der Waals surface area contributed by atoms with E-state index in [2.05, 4.69) is 6.58 Å². The molecule has 0 saturated carbocycles. The molecule has 1 aliphatic heterocycles. The zero-order valence-electron chi connectivity index (χ0n) is 13.6. The molecule has 0 saturated heterocycles. The van der Waals surface area contributed by atoms with Crippen LogP contribution in [0.5, 0.6) is 0 Å². The highest BCUT2D eigenvalue weighted by Gasteiger charge is 2.56.